The van der Waals surface area contributed by atoms with E-state index >= 15 is 0 Å². The molecule has 4 aromatic rings. The maximum Gasteiger partial charge on any atom is 0.303 e. The van der Waals surface area contributed by atoms with Crippen LogP contribution in [0.25, 0.3) is 32.6 Å². The molecular formula is C21H21FN4O3. The van der Waals surface area contributed by atoms with Gasteiger partial charge >= 0.3 is 5.97 Å². The topological polar surface area (TPSA) is 112 Å². The van der Waals surface area contributed by atoms with Crippen LogP contribution in [0.1, 0.15) is 45.4 Å². The molecule has 0 unspecified atom stereocenters. The van der Waals surface area contributed by atoms with Crippen LogP contribution in [0.3, 0.4) is 0 Å². The van der Waals surface area contributed by atoms with Gasteiger partial charge in [-0.05, 0) is 37.5 Å². The molecule has 2 heterocycles. The van der Waals surface area contributed by atoms with E-state index in [1.54, 1.807) is 6.07 Å². The van der Waals surface area contributed by atoms with Crippen molar-refractivity contribution in [1.82, 2.24) is 20.2 Å². The first-order chi connectivity index (χ1) is 13.9. The van der Waals surface area contributed by atoms with Gasteiger partial charge < -0.3 is 10.1 Å². The largest absolute Gasteiger partial charge is 0.481 e. The van der Waals surface area contributed by atoms with Gasteiger partial charge in [0.25, 0.3) is 5.56 Å². The fourth-order valence-corrected chi connectivity index (χ4v) is 4.20. The lowest BCUT2D eigenvalue weighted by molar-refractivity contribution is -0.137. The predicted octanol–water partition coefficient (Wildman–Crippen LogP) is 4.01. The van der Waals surface area contributed by atoms with E-state index in [2.05, 4.69) is 15.2 Å². The molecule has 0 spiro atoms. The summed E-state index contributed by atoms with van der Waals surface area (Å²) in [6.07, 6.45) is 3.42. The maximum absolute atomic E-state index is 14.0. The van der Waals surface area contributed by atoms with Crippen molar-refractivity contribution in [2.24, 2.45) is 0 Å². The second-order valence-corrected chi connectivity index (χ2v) is 7.37. The highest BCUT2D eigenvalue weighted by molar-refractivity contribution is 6.22. The highest BCUT2D eigenvalue weighted by atomic mass is 19.1. The summed E-state index contributed by atoms with van der Waals surface area (Å²) >= 11 is 0. The van der Waals surface area contributed by atoms with Gasteiger partial charge in [0.2, 0.25) is 0 Å². The molecule has 2 aromatic heterocycles. The quantitative estimate of drug-likeness (QED) is 0.426. The molecule has 3 N–H and O–H groups in total. The Balaban J connectivity index is 2.09. The number of fused-ring (bicyclic) bond motifs is 6. The highest BCUT2D eigenvalue weighted by Crippen LogP contribution is 2.39. The third kappa shape index (κ3) is 2.95. The SMILES string of the molecule is CCC(CC)(CCC(=O)O)c1nc2c3ccc(F)cc3c3c(=O)[nH]ncc3c2[nH]1. The number of aromatic amines is 2. The lowest BCUT2D eigenvalue weighted by Gasteiger charge is -2.29. The van der Waals surface area contributed by atoms with Gasteiger partial charge in [-0.2, -0.15) is 5.10 Å². The molecule has 0 bridgehead atoms. The minimum Gasteiger partial charge on any atom is -0.481 e. The van der Waals surface area contributed by atoms with Crippen molar-refractivity contribution >= 4 is 38.5 Å². The third-order valence-electron chi connectivity index (χ3n) is 6.01. The number of nitrogens with zero attached hydrogens (tertiary/aromatic N) is 2. The van der Waals surface area contributed by atoms with Gasteiger partial charge in [0, 0.05) is 28.0 Å². The molecule has 0 radical (unpaired) electrons. The number of carboxylic acids is 1. The van der Waals surface area contributed by atoms with E-state index in [1.165, 1.54) is 18.3 Å². The number of carboxylic acid groups (broad SMARTS) is 1. The van der Waals surface area contributed by atoms with Crippen LogP contribution in [-0.4, -0.2) is 31.2 Å². The van der Waals surface area contributed by atoms with Gasteiger partial charge in [-0.25, -0.2) is 14.5 Å². The van der Waals surface area contributed by atoms with Crippen LogP contribution in [0, 0.1) is 5.82 Å². The summed E-state index contributed by atoms with van der Waals surface area (Å²) in [7, 11) is 0. The van der Waals surface area contributed by atoms with Crippen LogP contribution in [0.2, 0.25) is 0 Å². The molecule has 4 rings (SSSR count). The number of nitrogens with one attached hydrogen (secondary N) is 2. The summed E-state index contributed by atoms with van der Waals surface area (Å²) in [4.78, 5) is 31.9. The molecule has 150 valence electrons. The van der Waals surface area contributed by atoms with Gasteiger partial charge in [0.05, 0.1) is 22.6 Å². The van der Waals surface area contributed by atoms with Gasteiger partial charge in [-0.1, -0.05) is 13.8 Å². The molecule has 0 atom stereocenters. The number of imidazole rings is 1. The number of benzene rings is 2. The smallest absolute Gasteiger partial charge is 0.303 e. The third-order valence-corrected chi connectivity index (χ3v) is 6.01. The lowest BCUT2D eigenvalue weighted by Crippen LogP contribution is -2.27. The van der Waals surface area contributed by atoms with Crippen LogP contribution in [-0.2, 0) is 10.2 Å². The van der Waals surface area contributed by atoms with Gasteiger partial charge in [-0.3, -0.25) is 9.59 Å². The van der Waals surface area contributed by atoms with Crippen LogP contribution in [0.15, 0.2) is 29.2 Å². The Bertz CT molecular complexity index is 1300. The molecule has 0 aliphatic rings. The first kappa shape index (κ1) is 19.0. The van der Waals surface area contributed by atoms with Crippen LogP contribution in [0.5, 0.6) is 0 Å². The molecule has 2 aromatic carbocycles. The zero-order chi connectivity index (χ0) is 20.8. The molecule has 0 fully saturated rings. The number of aromatic nitrogens is 4. The second-order valence-electron chi connectivity index (χ2n) is 7.37. The van der Waals surface area contributed by atoms with E-state index in [0.29, 0.717) is 57.7 Å². The molecule has 0 aliphatic heterocycles. The Labute approximate surface area is 165 Å². The first-order valence-corrected chi connectivity index (χ1v) is 9.60. The van der Waals surface area contributed by atoms with Gasteiger partial charge in [-0.15, -0.1) is 0 Å². The number of halogens is 1. The summed E-state index contributed by atoms with van der Waals surface area (Å²) in [5.74, 6) is -0.616. The summed E-state index contributed by atoms with van der Waals surface area (Å²) in [5, 5.41) is 17.5. The van der Waals surface area contributed by atoms with Crippen molar-refractivity contribution in [2.75, 3.05) is 0 Å². The number of rotatable bonds is 6. The number of carbonyl (C=O) groups is 1. The lowest BCUT2D eigenvalue weighted by atomic mass is 9.77. The zero-order valence-corrected chi connectivity index (χ0v) is 16.2. The second kappa shape index (κ2) is 6.95. The highest BCUT2D eigenvalue weighted by Gasteiger charge is 2.33. The number of aliphatic carboxylic acids is 1. The van der Waals surface area contributed by atoms with E-state index in [0.717, 1.165) is 0 Å². The summed E-state index contributed by atoms with van der Waals surface area (Å²) < 4.78 is 14.0. The van der Waals surface area contributed by atoms with Crippen molar-refractivity contribution < 1.29 is 14.3 Å². The minimum atomic E-state index is -0.852. The molecule has 29 heavy (non-hydrogen) atoms. The maximum atomic E-state index is 14.0. The molecular weight excluding hydrogens is 375 g/mol. The minimum absolute atomic E-state index is 0.0344. The molecule has 0 amide bonds. The van der Waals surface area contributed by atoms with Crippen LogP contribution < -0.4 is 5.56 Å². The molecule has 0 saturated carbocycles. The van der Waals surface area contributed by atoms with Crippen molar-refractivity contribution in [2.45, 2.75) is 44.9 Å². The monoisotopic (exact) mass is 396 g/mol. The standard InChI is InChI=1S/C21H21FN4O3/c1-3-21(4-2,8-7-15(27)28)20-24-17-12-6-5-11(22)9-13(12)16-14(18(17)25-20)10-23-26-19(16)29/h5-6,9-10H,3-4,7-8H2,1-2H3,(H,24,25)(H,26,29)(H,27,28). The Morgan fingerprint density at radius 3 is 2.66 bits per heavy atom. The fraction of sp³-hybridized carbons (Fsp3) is 0.333. The van der Waals surface area contributed by atoms with E-state index in [1.807, 2.05) is 13.8 Å². The molecule has 7 nitrogen and oxygen atoms in total. The Kier molecular flexibility index (Phi) is 4.56. The summed E-state index contributed by atoms with van der Waals surface area (Å²) in [6, 6.07) is 4.29. The number of hydrogen-bond donors (Lipinski definition) is 3. The molecule has 0 saturated heterocycles. The average molecular weight is 396 g/mol. The normalized spacial score (nSPS) is 12.2. The van der Waals surface area contributed by atoms with Crippen LogP contribution in [0.4, 0.5) is 4.39 Å². The van der Waals surface area contributed by atoms with Gasteiger partial charge in [0.1, 0.15) is 11.6 Å². The number of H-pyrrole nitrogens is 2. The Hall–Kier alpha value is -3.29. The van der Waals surface area contributed by atoms with Crippen molar-refractivity contribution in [1.29, 1.82) is 0 Å². The van der Waals surface area contributed by atoms with Crippen molar-refractivity contribution in [3.8, 4) is 0 Å². The van der Waals surface area contributed by atoms with E-state index in [9.17, 15) is 19.1 Å². The van der Waals surface area contributed by atoms with E-state index in [-0.39, 0.29) is 6.42 Å². The Morgan fingerprint density at radius 1 is 1.21 bits per heavy atom. The molecule has 8 heteroatoms. The Morgan fingerprint density at radius 2 is 1.97 bits per heavy atom. The average Bonchev–Trinajstić information content (AvgIpc) is 3.15. The predicted molar refractivity (Wildman–Crippen MR) is 109 cm³/mol. The number of hydrogen-bond acceptors (Lipinski definition) is 4. The first-order valence-electron chi connectivity index (χ1n) is 9.60. The molecule has 0 aliphatic carbocycles. The van der Waals surface area contributed by atoms with Crippen LogP contribution >= 0.6 is 0 Å². The van der Waals surface area contributed by atoms with E-state index < -0.39 is 22.8 Å². The van der Waals surface area contributed by atoms with E-state index in [4.69, 9.17) is 4.98 Å². The van der Waals surface area contributed by atoms with Crippen molar-refractivity contribution in [3.63, 3.8) is 0 Å². The summed E-state index contributed by atoms with van der Waals surface area (Å²) in [6.45, 7) is 4.02. The van der Waals surface area contributed by atoms with Crippen molar-refractivity contribution in [3.05, 3.63) is 46.4 Å². The van der Waals surface area contributed by atoms with Gasteiger partial charge in [0.15, 0.2) is 0 Å². The fourth-order valence-electron chi connectivity index (χ4n) is 4.20. The zero-order valence-electron chi connectivity index (χ0n) is 16.2. The summed E-state index contributed by atoms with van der Waals surface area (Å²) in [5.41, 5.74) is 0.426.